The molecular weight excluding hydrogens is 586 g/mol. The molecule has 236 valence electrons. The van der Waals surface area contributed by atoms with Gasteiger partial charge in [-0.15, -0.1) is 0 Å². The van der Waals surface area contributed by atoms with Crippen LogP contribution in [0.1, 0.15) is 29.2 Å². The van der Waals surface area contributed by atoms with Gasteiger partial charge in [0.1, 0.15) is 34.9 Å². The summed E-state index contributed by atoms with van der Waals surface area (Å²) < 4.78 is 18.4. The standard InChI is InChI=1S/C34H35N7O5/c1-44-24-14-12-23(13-15-24)39-33(43)22-11-16-29-28(19-22)40-32(41(29)30(31(35)42)10-5-17-38-34(36)37)21-6-3-8-26(18-21)46-27-9-4-7-25(20-27)45-2/h3-4,6-9,11-16,18-20,30H,5,10,17H2,1-2H3,(H2,35,42)(H,39,43)(H4,36,37,38)/t30-/m0/s1. The number of guanidine groups is 1. The maximum absolute atomic E-state index is 13.2. The Morgan fingerprint density at radius 3 is 2.24 bits per heavy atom. The quantitative estimate of drug-likeness (QED) is 0.0818. The van der Waals surface area contributed by atoms with Crippen LogP contribution in [0.15, 0.2) is 96.0 Å². The Balaban J connectivity index is 1.54. The maximum Gasteiger partial charge on any atom is 0.255 e. The minimum atomic E-state index is -0.781. The fourth-order valence-electron chi connectivity index (χ4n) is 5.03. The third-order valence-electron chi connectivity index (χ3n) is 7.24. The Bertz CT molecular complexity index is 1880. The van der Waals surface area contributed by atoms with Gasteiger partial charge in [0.2, 0.25) is 5.91 Å². The molecule has 0 aliphatic carbocycles. The predicted molar refractivity (Wildman–Crippen MR) is 177 cm³/mol. The minimum absolute atomic E-state index is 0.0299. The molecule has 0 radical (unpaired) electrons. The molecular formula is C34H35N7O5. The molecule has 1 aromatic heterocycles. The number of hydrogen-bond acceptors (Lipinski definition) is 7. The second kappa shape index (κ2) is 14.2. The van der Waals surface area contributed by atoms with Crippen LogP contribution < -0.4 is 36.7 Å². The molecule has 46 heavy (non-hydrogen) atoms. The van der Waals surface area contributed by atoms with Crippen LogP contribution >= 0.6 is 0 Å². The van der Waals surface area contributed by atoms with E-state index in [4.69, 9.17) is 36.4 Å². The van der Waals surface area contributed by atoms with E-state index >= 15 is 0 Å². The molecule has 1 heterocycles. The minimum Gasteiger partial charge on any atom is -0.497 e. The van der Waals surface area contributed by atoms with E-state index in [1.54, 1.807) is 67.3 Å². The summed E-state index contributed by atoms with van der Waals surface area (Å²) in [5, 5.41) is 2.89. The van der Waals surface area contributed by atoms with E-state index in [1.807, 2.05) is 42.5 Å². The number of amides is 2. The monoisotopic (exact) mass is 621 g/mol. The van der Waals surface area contributed by atoms with Gasteiger partial charge in [-0.25, -0.2) is 4.98 Å². The molecule has 5 aromatic rings. The van der Waals surface area contributed by atoms with Crippen molar-refractivity contribution in [2.75, 3.05) is 26.1 Å². The van der Waals surface area contributed by atoms with Gasteiger partial charge in [0.05, 0.1) is 25.3 Å². The molecule has 2 amide bonds. The van der Waals surface area contributed by atoms with Crippen molar-refractivity contribution in [3.8, 4) is 34.4 Å². The summed E-state index contributed by atoms with van der Waals surface area (Å²) in [5.41, 5.74) is 19.8. The molecule has 4 aromatic carbocycles. The van der Waals surface area contributed by atoms with E-state index in [0.717, 1.165) is 0 Å². The molecule has 0 unspecified atom stereocenters. The number of fused-ring (bicyclic) bond motifs is 1. The average Bonchev–Trinajstić information content (AvgIpc) is 3.43. The van der Waals surface area contributed by atoms with Crippen LogP contribution in [-0.2, 0) is 4.79 Å². The number of imidazole rings is 1. The number of nitrogens with one attached hydrogen (secondary N) is 1. The Hall–Kier alpha value is -6.04. The third-order valence-corrected chi connectivity index (χ3v) is 7.24. The van der Waals surface area contributed by atoms with Gasteiger partial charge in [-0.1, -0.05) is 18.2 Å². The Labute approximate surface area is 265 Å². The van der Waals surface area contributed by atoms with Crippen molar-refractivity contribution < 1.29 is 23.8 Å². The zero-order valence-corrected chi connectivity index (χ0v) is 25.5. The summed E-state index contributed by atoms with van der Waals surface area (Å²) in [7, 11) is 3.16. The van der Waals surface area contributed by atoms with E-state index in [9.17, 15) is 9.59 Å². The van der Waals surface area contributed by atoms with E-state index < -0.39 is 11.9 Å². The van der Waals surface area contributed by atoms with Crippen molar-refractivity contribution in [3.63, 3.8) is 0 Å². The number of ether oxygens (including phenoxy) is 3. The highest BCUT2D eigenvalue weighted by Gasteiger charge is 2.25. The van der Waals surface area contributed by atoms with Gasteiger partial charge in [-0.2, -0.15) is 0 Å². The van der Waals surface area contributed by atoms with Crippen LogP contribution in [0.4, 0.5) is 5.69 Å². The zero-order valence-electron chi connectivity index (χ0n) is 25.5. The molecule has 12 heteroatoms. The first-order valence-electron chi connectivity index (χ1n) is 14.5. The van der Waals surface area contributed by atoms with Gasteiger partial charge in [-0.05, 0) is 79.6 Å². The first kappa shape index (κ1) is 31.4. The number of carbonyl (C=O) groups is 2. The van der Waals surface area contributed by atoms with Crippen molar-refractivity contribution in [3.05, 3.63) is 96.6 Å². The average molecular weight is 622 g/mol. The fraction of sp³-hybridized carbons (Fsp3) is 0.176. The zero-order chi connectivity index (χ0) is 32.6. The molecule has 0 bridgehead atoms. The number of benzene rings is 4. The predicted octanol–water partition coefficient (Wildman–Crippen LogP) is 4.85. The SMILES string of the molecule is COc1ccc(NC(=O)c2ccc3c(c2)nc(-c2cccc(Oc4cccc(OC)c4)c2)n3[C@@H](CCCN=C(N)N)C(N)=O)cc1. The number of methoxy groups -OCH3 is 2. The molecule has 0 aliphatic rings. The normalized spacial score (nSPS) is 11.4. The summed E-state index contributed by atoms with van der Waals surface area (Å²) in [6.45, 7) is 0.327. The Kier molecular flexibility index (Phi) is 9.66. The van der Waals surface area contributed by atoms with E-state index in [2.05, 4.69) is 10.3 Å². The third kappa shape index (κ3) is 7.36. The topological polar surface area (TPSA) is 182 Å². The first-order chi connectivity index (χ1) is 22.2. The molecule has 7 N–H and O–H groups in total. The number of rotatable bonds is 13. The van der Waals surface area contributed by atoms with Crippen LogP contribution in [0, 0.1) is 0 Å². The molecule has 5 rings (SSSR count). The summed E-state index contributed by atoms with van der Waals surface area (Å²) in [6.07, 6.45) is 0.843. The van der Waals surface area contributed by atoms with Crippen LogP contribution in [0.2, 0.25) is 0 Å². The number of anilines is 1. The summed E-state index contributed by atoms with van der Waals surface area (Å²) in [5.74, 6) is 2.06. The van der Waals surface area contributed by atoms with Crippen LogP contribution in [0.5, 0.6) is 23.0 Å². The number of aliphatic imine (C=N–C) groups is 1. The molecule has 0 fully saturated rings. The van der Waals surface area contributed by atoms with Gasteiger partial charge < -0.3 is 41.3 Å². The van der Waals surface area contributed by atoms with Crippen LogP contribution in [0.25, 0.3) is 22.4 Å². The van der Waals surface area contributed by atoms with Crippen molar-refractivity contribution in [2.24, 2.45) is 22.2 Å². The molecule has 1 atom stereocenters. The maximum atomic E-state index is 13.2. The van der Waals surface area contributed by atoms with Gasteiger partial charge in [0, 0.05) is 29.4 Å². The van der Waals surface area contributed by atoms with Crippen LogP contribution in [0.3, 0.4) is 0 Å². The summed E-state index contributed by atoms with van der Waals surface area (Å²) in [4.78, 5) is 35.1. The van der Waals surface area contributed by atoms with Gasteiger partial charge >= 0.3 is 0 Å². The Morgan fingerprint density at radius 2 is 1.54 bits per heavy atom. The lowest BCUT2D eigenvalue weighted by Gasteiger charge is -2.19. The second-order valence-corrected chi connectivity index (χ2v) is 10.4. The van der Waals surface area contributed by atoms with Gasteiger partial charge in [0.25, 0.3) is 5.91 Å². The molecule has 12 nitrogen and oxygen atoms in total. The highest BCUT2D eigenvalue weighted by Crippen LogP contribution is 2.34. The van der Waals surface area contributed by atoms with Gasteiger partial charge in [0.15, 0.2) is 5.96 Å². The van der Waals surface area contributed by atoms with Crippen LogP contribution in [-0.4, -0.2) is 48.1 Å². The molecule has 0 saturated heterocycles. The molecule has 0 aliphatic heterocycles. The number of carbonyl (C=O) groups excluding carboxylic acids is 2. The summed E-state index contributed by atoms with van der Waals surface area (Å²) >= 11 is 0. The lowest BCUT2D eigenvalue weighted by Crippen LogP contribution is -2.27. The van der Waals surface area contributed by atoms with Crippen molar-refractivity contribution >= 4 is 34.5 Å². The Morgan fingerprint density at radius 1 is 0.848 bits per heavy atom. The smallest absolute Gasteiger partial charge is 0.255 e. The second-order valence-electron chi connectivity index (χ2n) is 10.4. The number of nitrogens with two attached hydrogens (primary N) is 3. The first-order valence-corrected chi connectivity index (χ1v) is 14.5. The summed E-state index contributed by atoms with van der Waals surface area (Å²) in [6, 6.07) is 26.0. The van der Waals surface area contributed by atoms with Crippen molar-refractivity contribution in [1.29, 1.82) is 0 Å². The molecule has 0 saturated carbocycles. The highest BCUT2D eigenvalue weighted by atomic mass is 16.5. The number of primary amides is 1. The van der Waals surface area contributed by atoms with E-state index in [-0.39, 0.29) is 11.9 Å². The van der Waals surface area contributed by atoms with E-state index in [1.165, 1.54) is 0 Å². The lowest BCUT2D eigenvalue weighted by molar-refractivity contribution is -0.121. The fourth-order valence-corrected chi connectivity index (χ4v) is 5.03. The van der Waals surface area contributed by atoms with Crippen molar-refractivity contribution in [2.45, 2.75) is 18.9 Å². The number of hydrogen-bond donors (Lipinski definition) is 4. The molecule has 0 spiro atoms. The van der Waals surface area contributed by atoms with Crippen molar-refractivity contribution in [1.82, 2.24) is 9.55 Å². The number of aromatic nitrogens is 2. The highest BCUT2D eigenvalue weighted by molar-refractivity contribution is 6.06. The van der Waals surface area contributed by atoms with E-state index in [0.29, 0.717) is 76.1 Å². The van der Waals surface area contributed by atoms with Gasteiger partial charge in [-0.3, -0.25) is 14.6 Å². The largest absolute Gasteiger partial charge is 0.497 e. The number of nitrogens with zero attached hydrogens (tertiary/aromatic N) is 3. The lowest BCUT2D eigenvalue weighted by atomic mass is 10.1.